The molecule has 0 aromatic carbocycles. The number of aromatic nitrogens is 3. The Kier molecular flexibility index (Phi) is 8.42. The van der Waals surface area contributed by atoms with E-state index in [2.05, 4.69) is 25.7 Å². The van der Waals surface area contributed by atoms with Gasteiger partial charge in [-0.2, -0.15) is 5.10 Å². The molecule has 0 radical (unpaired) electrons. The fourth-order valence-corrected chi connectivity index (χ4v) is 2.94. The van der Waals surface area contributed by atoms with Crippen LogP contribution in [0.5, 0.6) is 0 Å². The number of aryl methyl sites for hydroxylation is 2. The summed E-state index contributed by atoms with van der Waals surface area (Å²) in [6.07, 6.45) is 3.35. The normalized spacial score (nSPS) is 13.4. The standard InChI is InChI=1S/C21H28N6O2.HI/c1-5-22-20(25-14-21(4,28)18-7-6-10-29-18)24-13-17-8-9-19(23-12-17)27-16(3)11-15(2)26-27;/h6-12,28H,5,13-14H2,1-4H3,(H2,22,24,25);1H. The van der Waals surface area contributed by atoms with Crippen LogP contribution in [0.25, 0.3) is 5.82 Å². The van der Waals surface area contributed by atoms with Crippen molar-refractivity contribution in [1.82, 2.24) is 25.4 Å². The molecule has 0 aliphatic heterocycles. The van der Waals surface area contributed by atoms with Crippen LogP contribution in [0.2, 0.25) is 0 Å². The van der Waals surface area contributed by atoms with Crippen molar-refractivity contribution in [3.63, 3.8) is 0 Å². The summed E-state index contributed by atoms with van der Waals surface area (Å²) in [5, 5.41) is 21.4. The van der Waals surface area contributed by atoms with Crippen LogP contribution in [0.15, 0.2) is 52.2 Å². The molecule has 8 nitrogen and oxygen atoms in total. The molecule has 3 aromatic rings. The molecule has 3 N–H and O–H groups in total. The van der Waals surface area contributed by atoms with Crippen LogP contribution in [0.1, 0.15) is 36.6 Å². The lowest BCUT2D eigenvalue weighted by Crippen LogP contribution is -2.44. The van der Waals surface area contributed by atoms with Gasteiger partial charge in [0.15, 0.2) is 11.8 Å². The maximum Gasteiger partial charge on any atom is 0.191 e. The number of pyridine rings is 1. The molecular weight excluding hydrogens is 495 g/mol. The van der Waals surface area contributed by atoms with Crippen molar-refractivity contribution in [2.45, 2.75) is 39.8 Å². The van der Waals surface area contributed by atoms with Gasteiger partial charge in [-0.3, -0.25) is 0 Å². The summed E-state index contributed by atoms with van der Waals surface area (Å²) < 4.78 is 7.14. The van der Waals surface area contributed by atoms with E-state index in [0.717, 1.165) is 22.8 Å². The molecule has 9 heteroatoms. The number of furan rings is 1. The first kappa shape index (κ1) is 23.9. The van der Waals surface area contributed by atoms with Crippen molar-refractivity contribution in [3.8, 4) is 5.82 Å². The molecule has 0 aliphatic carbocycles. The van der Waals surface area contributed by atoms with Gasteiger partial charge in [0.1, 0.15) is 11.4 Å². The molecule has 30 heavy (non-hydrogen) atoms. The zero-order chi connectivity index (χ0) is 20.9. The van der Waals surface area contributed by atoms with E-state index in [9.17, 15) is 5.11 Å². The molecule has 3 rings (SSSR count). The van der Waals surface area contributed by atoms with Crippen molar-refractivity contribution in [1.29, 1.82) is 0 Å². The summed E-state index contributed by atoms with van der Waals surface area (Å²) in [4.78, 5) is 9.09. The first-order valence-corrected chi connectivity index (χ1v) is 9.66. The van der Waals surface area contributed by atoms with Crippen LogP contribution < -0.4 is 10.6 Å². The average molecular weight is 524 g/mol. The second-order valence-corrected chi connectivity index (χ2v) is 7.16. The first-order chi connectivity index (χ1) is 13.9. The van der Waals surface area contributed by atoms with Gasteiger partial charge in [-0.25, -0.2) is 14.7 Å². The van der Waals surface area contributed by atoms with E-state index in [0.29, 0.717) is 24.8 Å². The molecule has 3 aromatic heterocycles. The predicted octanol–water partition coefficient (Wildman–Crippen LogP) is 3.06. The molecule has 3 heterocycles. The van der Waals surface area contributed by atoms with Gasteiger partial charge in [0.2, 0.25) is 0 Å². The molecule has 0 saturated heterocycles. The fourth-order valence-electron chi connectivity index (χ4n) is 2.94. The van der Waals surface area contributed by atoms with Gasteiger partial charge < -0.3 is 20.2 Å². The van der Waals surface area contributed by atoms with Gasteiger partial charge in [0, 0.05) is 18.4 Å². The Labute approximate surface area is 193 Å². The summed E-state index contributed by atoms with van der Waals surface area (Å²) in [7, 11) is 0. The number of aliphatic hydroxyl groups is 1. The second-order valence-electron chi connectivity index (χ2n) is 7.16. The van der Waals surface area contributed by atoms with Crippen LogP contribution in [-0.4, -0.2) is 38.9 Å². The third-order valence-electron chi connectivity index (χ3n) is 4.45. The Balaban J connectivity index is 0.00000320. The van der Waals surface area contributed by atoms with Gasteiger partial charge in [0.25, 0.3) is 0 Å². The van der Waals surface area contributed by atoms with E-state index in [1.165, 1.54) is 0 Å². The summed E-state index contributed by atoms with van der Waals surface area (Å²) >= 11 is 0. The number of rotatable bonds is 7. The largest absolute Gasteiger partial charge is 0.466 e. The highest BCUT2D eigenvalue weighted by molar-refractivity contribution is 14.0. The van der Waals surface area contributed by atoms with E-state index >= 15 is 0 Å². The Morgan fingerprint density at radius 2 is 2.07 bits per heavy atom. The number of aliphatic imine (C=N–C) groups is 1. The first-order valence-electron chi connectivity index (χ1n) is 9.66. The van der Waals surface area contributed by atoms with Gasteiger partial charge in [0.05, 0.1) is 25.0 Å². The van der Waals surface area contributed by atoms with Crippen LogP contribution in [-0.2, 0) is 12.1 Å². The molecule has 0 amide bonds. The monoisotopic (exact) mass is 524 g/mol. The van der Waals surface area contributed by atoms with Crippen LogP contribution in [0.3, 0.4) is 0 Å². The van der Waals surface area contributed by atoms with Crippen LogP contribution >= 0.6 is 24.0 Å². The fraction of sp³-hybridized carbons (Fsp3) is 0.381. The quantitative estimate of drug-likeness (QED) is 0.250. The summed E-state index contributed by atoms with van der Waals surface area (Å²) in [6, 6.07) is 9.46. The average Bonchev–Trinajstić information content (AvgIpc) is 3.35. The summed E-state index contributed by atoms with van der Waals surface area (Å²) in [6.45, 7) is 9.10. The zero-order valence-electron chi connectivity index (χ0n) is 17.7. The third kappa shape index (κ3) is 6.05. The molecule has 0 aliphatic rings. The number of halogens is 1. The van der Waals surface area contributed by atoms with Crippen LogP contribution in [0, 0.1) is 13.8 Å². The highest BCUT2D eigenvalue weighted by Gasteiger charge is 2.26. The Bertz CT molecular complexity index is 949. The lowest BCUT2D eigenvalue weighted by molar-refractivity contribution is 0.0386. The minimum atomic E-state index is -1.14. The lowest BCUT2D eigenvalue weighted by atomic mass is 10.0. The van der Waals surface area contributed by atoms with Crippen molar-refractivity contribution in [2.24, 2.45) is 4.99 Å². The molecule has 0 bridgehead atoms. The van der Waals surface area contributed by atoms with E-state index in [4.69, 9.17) is 4.42 Å². The zero-order valence-corrected chi connectivity index (χ0v) is 20.0. The molecule has 1 unspecified atom stereocenters. The second kappa shape index (κ2) is 10.6. The van der Waals surface area contributed by atoms with E-state index in [-0.39, 0.29) is 30.5 Å². The number of hydrogen-bond acceptors (Lipinski definition) is 5. The number of guanidine groups is 1. The molecule has 0 saturated carbocycles. The SMILES string of the molecule is CCNC(=NCc1ccc(-n2nc(C)cc2C)nc1)NCC(C)(O)c1ccco1.I. The molecule has 162 valence electrons. The highest BCUT2D eigenvalue weighted by atomic mass is 127. The van der Waals surface area contributed by atoms with E-state index < -0.39 is 5.60 Å². The molecular formula is C21H29IN6O2. The Morgan fingerprint density at radius 1 is 1.27 bits per heavy atom. The maximum absolute atomic E-state index is 10.6. The van der Waals surface area contributed by atoms with Gasteiger partial charge in [-0.15, -0.1) is 24.0 Å². The summed E-state index contributed by atoms with van der Waals surface area (Å²) in [5.74, 6) is 1.90. The highest BCUT2D eigenvalue weighted by Crippen LogP contribution is 2.19. The van der Waals surface area contributed by atoms with Gasteiger partial charge in [-0.05, 0) is 57.5 Å². The number of nitrogens with zero attached hydrogens (tertiary/aromatic N) is 4. The lowest BCUT2D eigenvalue weighted by Gasteiger charge is -2.22. The molecule has 0 fully saturated rings. The molecule has 0 spiro atoms. The van der Waals surface area contributed by atoms with E-state index in [1.54, 1.807) is 31.5 Å². The minimum absolute atomic E-state index is 0. The topological polar surface area (TPSA) is 100 Å². The van der Waals surface area contributed by atoms with Crippen molar-refractivity contribution >= 4 is 29.9 Å². The predicted molar refractivity (Wildman–Crippen MR) is 127 cm³/mol. The van der Waals surface area contributed by atoms with E-state index in [1.807, 2.05) is 43.7 Å². The minimum Gasteiger partial charge on any atom is -0.466 e. The van der Waals surface area contributed by atoms with Crippen molar-refractivity contribution in [3.05, 3.63) is 65.5 Å². The smallest absolute Gasteiger partial charge is 0.191 e. The summed E-state index contributed by atoms with van der Waals surface area (Å²) in [5.41, 5.74) is 1.85. The third-order valence-corrected chi connectivity index (χ3v) is 4.45. The number of nitrogens with one attached hydrogen (secondary N) is 2. The Morgan fingerprint density at radius 3 is 2.63 bits per heavy atom. The van der Waals surface area contributed by atoms with Crippen molar-refractivity contribution in [2.75, 3.05) is 13.1 Å². The van der Waals surface area contributed by atoms with Crippen molar-refractivity contribution < 1.29 is 9.52 Å². The van der Waals surface area contributed by atoms with Gasteiger partial charge in [-0.1, -0.05) is 6.07 Å². The molecule has 1 atom stereocenters. The Hall–Kier alpha value is -2.40. The van der Waals surface area contributed by atoms with Crippen LogP contribution in [0.4, 0.5) is 0 Å². The number of hydrogen-bond donors (Lipinski definition) is 3. The van der Waals surface area contributed by atoms with Gasteiger partial charge >= 0.3 is 0 Å². The maximum atomic E-state index is 10.6.